The quantitative estimate of drug-likeness (QED) is 0.306. The lowest BCUT2D eigenvalue weighted by atomic mass is 10.2. The fourth-order valence-corrected chi connectivity index (χ4v) is 6.01. The van der Waals surface area contributed by atoms with Crippen molar-refractivity contribution in [3.8, 4) is 0 Å². The lowest BCUT2D eigenvalue weighted by Gasteiger charge is -2.10. The minimum atomic E-state index is -0.877. The van der Waals surface area contributed by atoms with Crippen LogP contribution >= 0.6 is 23.9 Å². The van der Waals surface area contributed by atoms with E-state index in [4.69, 9.17) is 5.73 Å². The van der Waals surface area contributed by atoms with Crippen LogP contribution in [0, 0.1) is 12.7 Å². The predicted octanol–water partition coefficient (Wildman–Crippen LogP) is 5.66. The smallest absolute Gasteiger partial charge is 0.126 e. The molecule has 0 atom stereocenters. The van der Waals surface area contributed by atoms with Crippen molar-refractivity contribution in [2.45, 2.75) is 6.92 Å². The molecule has 4 heteroatoms. The highest BCUT2D eigenvalue weighted by Crippen LogP contribution is 2.32. The Hall–Kier alpha value is -2.48. The van der Waals surface area contributed by atoms with Gasteiger partial charge in [0.2, 0.25) is 0 Å². The topological polar surface area (TPSA) is 26.0 Å². The second-order valence-corrected chi connectivity index (χ2v) is 9.91. The van der Waals surface area contributed by atoms with E-state index < -0.39 is 7.92 Å². The van der Waals surface area contributed by atoms with Crippen LogP contribution in [0.15, 0.2) is 108 Å². The molecule has 0 saturated heterocycles. The van der Waals surface area contributed by atoms with E-state index in [-0.39, 0.29) is 5.82 Å². The van der Waals surface area contributed by atoms with Crippen LogP contribution in [0.4, 0.5) is 10.1 Å². The molecule has 0 aliphatic rings. The molecule has 0 aromatic heterocycles. The average molecular weight is 467 g/mol. The summed E-state index contributed by atoms with van der Waals surface area (Å²) in [6.07, 6.45) is 0. The summed E-state index contributed by atoms with van der Waals surface area (Å²) in [6, 6.07) is 35.2. The van der Waals surface area contributed by atoms with Gasteiger partial charge in [-0.2, -0.15) is 0 Å². The number of nitrogen functional groups attached to an aromatic ring is 1. The molecule has 0 radical (unpaired) electrons. The van der Waals surface area contributed by atoms with Crippen LogP contribution in [-0.2, 0) is 0 Å². The van der Waals surface area contributed by atoms with Gasteiger partial charge in [-0.25, -0.2) is 4.39 Å². The van der Waals surface area contributed by atoms with Gasteiger partial charge in [0.15, 0.2) is 0 Å². The van der Waals surface area contributed by atoms with E-state index in [0.717, 1.165) is 5.56 Å². The third kappa shape index (κ3) is 5.76. The SMILES string of the molecule is Cc1c(N)cc(F)cc1Br.c1ccc([PH+](c2ccccc2)c2ccccc2)cc1. The van der Waals surface area contributed by atoms with Crippen LogP contribution in [-0.4, -0.2) is 0 Å². The van der Waals surface area contributed by atoms with Crippen molar-refractivity contribution in [1.29, 1.82) is 0 Å². The highest BCUT2D eigenvalue weighted by Gasteiger charge is 2.24. The van der Waals surface area contributed by atoms with Crippen molar-refractivity contribution in [1.82, 2.24) is 0 Å². The van der Waals surface area contributed by atoms with Crippen molar-refractivity contribution in [2.24, 2.45) is 0 Å². The fourth-order valence-electron chi connectivity index (χ4n) is 2.98. The zero-order valence-corrected chi connectivity index (χ0v) is 18.7. The molecule has 0 spiro atoms. The minimum absolute atomic E-state index is 0.310. The summed E-state index contributed by atoms with van der Waals surface area (Å²) < 4.78 is 13.2. The van der Waals surface area contributed by atoms with Crippen LogP contribution in [0.25, 0.3) is 0 Å². The summed E-state index contributed by atoms with van der Waals surface area (Å²) in [7, 11) is -0.877. The Morgan fingerprint density at radius 3 is 1.41 bits per heavy atom. The summed E-state index contributed by atoms with van der Waals surface area (Å²) in [6.45, 7) is 1.83. The largest absolute Gasteiger partial charge is 0.398 e. The molecule has 4 aromatic carbocycles. The Bertz CT molecular complexity index is 923. The monoisotopic (exact) mass is 466 g/mol. The van der Waals surface area contributed by atoms with Crippen molar-refractivity contribution in [3.05, 3.63) is 119 Å². The number of nitrogens with two attached hydrogens (primary N) is 1. The van der Waals surface area contributed by atoms with Crippen LogP contribution in [0.5, 0.6) is 0 Å². The summed E-state index contributed by atoms with van der Waals surface area (Å²) >= 11 is 3.18. The molecule has 0 fully saturated rings. The van der Waals surface area contributed by atoms with Gasteiger partial charge in [0.05, 0.1) is 7.92 Å². The van der Waals surface area contributed by atoms with Gasteiger partial charge in [-0.15, -0.1) is 0 Å². The average Bonchev–Trinajstić information content (AvgIpc) is 2.75. The molecule has 0 aliphatic heterocycles. The first kappa shape index (κ1) is 21.2. The third-order valence-electron chi connectivity index (χ3n) is 4.54. The van der Waals surface area contributed by atoms with Crippen LogP contribution < -0.4 is 21.6 Å². The summed E-state index contributed by atoms with van der Waals surface area (Å²) in [5, 5.41) is 4.31. The van der Waals surface area contributed by atoms with Gasteiger partial charge in [0, 0.05) is 10.2 Å². The number of benzene rings is 4. The van der Waals surface area contributed by atoms with Gasteiger partial charge in [-0.05, 0) is 61.0 Å². The van der Waals surface area contributed by atoms with E-state index in [0.29, 0.717) is 10.2 Å². The molecule has 2 N–H and O–H groups in total. The standard InChI is InChI=1S/C18H15P.C7H7BrFN/c1-4-10-16(11-5-1)19(17-12-6-2-7-13-17)18-14-8-3-9-15-18;1-4-6(8)2-5(9)3-7(4)10/h1-15H;2-3H,10H2,1H3/p+1. The van der Waals surface area contributed by atoms with Gasteiger partial charge in [-0.1, -0.05) is 70.5 Å². The van der Waals surface area contributed by atoms with Crippen LogP contribution in [0.2, 0.25) is 0 Å². The van der Waals surface area contributed by atoms with Gasteiger partial charge in [0.1, 0.15) is 21.7 Å². The maximum atomic E-state index is 12.5. The lowest BCUT2D eigenvalue weighted by molar-refractivity contribution is 0.627. The van der Waals surface area contributed by atoms with Crippen molar-refractivity contribution in [2.75, 3.05) is 5.73 Å². The fraction of sp³-hybridized carbons (Fsp3) is 0.0400. The van der Waals surface area contributed by atoms with E-state index in [1.54, 1.807) is 0 Å². The van der Waals surface area contributed by atoms with Crippen LogP contribution in [0.1, 0.15) is 5.56 Å². The Labute approximate surface area is 181 Å². The second-order valence-electron chi connectivity index (χ2n) is 6.57. The Morgan fingerprint density at radius 1 is 0.690 bits per heavy atom. The number of anilines is 1. The van der Waals surface area contributed by atoms with Crippen LogP contribution in [0.3, 0.4) is 0 Å². The first-order valence-corrected chi connectivity index (χ1v) is 11.6. The Morgan fingerprint density at radius 2 is 1.07 bits per heavy atom. The third-order valence-corrected chi connectivity index (χ3v) is 8.09. The Balaban J connectivity index is 0.000000204. The van der Waals surface area contributed by atoms with Crippen molar-refractivity contribution in [3.63, 3.8) is 0 Å². The first-order valence-electron chi connectivity index (χ1n) is 9.30. The van der Waals surface area contributed by atoms with Gasteiger partial charge >= 0.3 is 0 Å². The highest BCUT2D eigenvalue weighted by molar-refractivity contribution is 9.10. The number of halogens is 2. The van der Waals surface area contributed by atoms with E-state index in [1.165, 1.54) is 28.0 Å². The maximum Gasteiger partial charge on any atom is 0.126 e. The molecule has 1 nitrogen and oxygen atoms in total. The molecule has 146 valence electrons. The highest BCUT2D eigenvalue weighted by atomic mass is 79.9. The van der Waals surface area contributed by atoms with Gasteiger partial charge in [-0.3, -0.25) is 0 Å². The number of hydrogen-bond acceptors (Lipinski definition) is 1. The molecule has 0 amide bonds. The minimum Gasteiger partial charge on any atom is -0.398 e. The summed E-state index contributed by atoms with van der Waals surface area (Å²) in [5.74, 6) is -0.310. The first-order chi connectivity index (χ1) is 14.1. The molecule has 29 heavy (non-hydrogen) atoms. The van der Waals surface area contributed by atoms with Gasteiger partial charge < -0.3 is 5.73 Å². The zero-order chi connectivity index (χ0) is 20.6. The molecule has 0 unspecified atom stereocenters. The number of rotatable bonds is 3. The molecule has 0 bridgehead atoms. The van der Waals surface area contributed by atoms with E-state index in [1.807, 2.05) is 6.92 Å². The molecule has 0 saturated carbocycles. The van der Waals surface area contributed by atoms with Crippen molar-refractivity contribution < 1.29 is 4.39 Å². The van der Waals surface area contributed by atoms with E-state index in [9.17, 15) is 4.39 Å². The summed E-state index contributed by atoms with van der Waals surface area (Å²) in [4.78, 5) is 0. The maximum absolute atomic E-state index is 12.5. The molecular formula is C25H23BrFNP+. The molecule has 4 aromatic rings. The lowest BCUT2D eigenvalue weighted by Crippen LogP contribution is -2.20. The van der Waals surface area contributed by atoms with E-state index in [2.05, 4.69) is 107 Å². The second kappa shape index (κ2) is 10.3. The Kier molecular flexibility index (Phi) is 7.57. The predicted molar refractivity (Wildman–Crippen MR) is 130 cm³/mol. The molecule has 4 rings (SSSR count). The van der Waals surface area contributed by atoms with Gasteiger partial charge in [0.25, 0.3) is 0 Å². The number of hydrogen-bond donors (Lipinski definition) is 1. The normalized spacial score (nSPS) is 10.3. The summed E-state index contributed by atoms with van der Waals surface area (Å²) in [5.41, 5.74) is 6.81. The van der Waals surface area contributed by atoms with Crippen molar-refractivity contribution >= 4 is 45.5 Å². The molecule has 0 heterocycles. The van der Waals surface area contributed by atoms with E-state index >= 15 is 0 Å². The molecular weight excluding hydrogens is 444 g/mol. The zero-order valence-electron chi connectivity index (χ0n) is 16.1. The molecule has 0 aliphatic carbocycles.